The minimum absolute atomic E-state index is 0.0249. The highest BCUT2D eigenvalue weighted by molar-refractivity contribution is 7.98. The first-order valence-electron chi connectivity index (χ1n) is 9.64. The average Bonchev–Trinajstić information content (AvgIpc) is 3.47. The molecule has 1 saturated carbocycles. The van der Waals surface area contributed by atoms with Gasteiger partial charge in [0.25, 0.3) is 0 Å². The maximum absolute atomic E-state index is 10.8. The van der Waals surface area contributed by atoms with Crippen LogP contribution >= 0.6 is 11.8 Å². The molecule has 3 aromatic rings. The standard InChI is InChI=1S/C19H22N6O3S/c1-2-24-18(14-7-9-17(10-8-14)28-16-5-3-4-6-16)21-22-19(24)29-13-23-12-15(11-20-23)25(26)27/h7-12,16H,2-6,13H2,1H3. The topological polar surface area (TPSA) is 101 Å². The summed E-state index contributed by atoms with van der Waals surface area (Å²) in [6.45, 7) is 2.75. The second kappa shape index (κ2) is 8.64. The second-order valence-corrected chi connectivity index (χ2v) is 7.78. The predicted molar refractivity (Wildman–Crippen MR) is 109 cm³/mol. The molecule has 1 aromatic carbocycles. The third-order valence-corrected chi connectivity index (χ3v) is 5.86. The van der Waals surface area contributed by atoms with Crippen molar-refractivity contribution >= 4 is 17.4 Å². The van der Waals surface area contributed by atoms with E-state index < -0.39 is 4.92 Å². The molecule has 29 heavy (non-hydrogen) atoms. The van der Waals surface area contributed by atoms with Gasteiger partial charge in [-0.05, 0) is 56.9 Å². The third-order valence-electron chi connectivity index (χ3n) is 4.91. The molecule has 1 aliphatic carbocycles. The SMILES string of the molecule is CCn1c(SCn2cc([N+](=O)[O-])cn2)nnc1-c1ccc(OC2CCCC2)cc1. The number of aromatic nitrogens is 5. The van der Waals surface area contributed by atoms with Crippen molar-refractivity contribution in [2.24, 2.45) is 0 Å². The molecular formula is C19H22N6O3S. The Hall–Kier alpha value is -2.88. The molecule has 0 bridgehead atoms. The summed E-state index contributed by atoms with van der Waals surface area (Å²) in [6, 6.07) is 7.98. The highest BCUT2D eigenvalue weighted by atomic mass is 32.2. The normalized spacial score (nSPS) is 14.4. The van der Waals surface area contributed by atoms with E-state index in [1.54, 1.807) is 0 Å². The van der Waals surface area contributed by atoms with Crippen LogP contribution in [-0.2, 0) is 12.4 Å². The fourth-order valence-electron chi connectivity index (χ4n) is 3.42. The van der Waals surface area contributed by atoms with Crippen LogP contribution in [0.25, 0.3) is 11.4 Å². The van der Waals surface area contributed by atoms with E-state index in [4.69, 9.17) is 4.74 Å². The van der Waals surface area contributed by atoms with E-state index >= 15 is 0 Å². The summed E-state index contributed by atoms with van der Waals surface area (Å²) >= 11 is 1.43. The van der Waals surface area contributed by atoms with Crippen molar-refractivity contribution in [2.45, 2.75) is 56.3 Å². The lowest BCUT2D eigenvalue weighted by atomic mass is 10.2. The summed E-state index contributed by atoms with van der Waals surface area (Å²) in [6.07, 6.45) is 7.73. The minimum Gasteiger partial charge on any atom is -0.490 e. The number of hydrogen-bond acceptors (Lipinski definition) is 7. The van der Waals surface area contributed by atoms with E-state index in [2.05, 4.69) is 15.3 Å². The van der Waals surface area contributed by atoms with Gasteiger partial charge in [0.2, 0.25) is 0 Å². The number of ether oxygens (including phenoxy) is 1. The fourth-order valence-corrected chi connectivity index (χ4v) is 4.28. The van der Waals surface area contributed by atoms with Gasteiger partial charge in [-0.3, -0.25) is 14.8 Å². The zero-order valence-electron chi connectivity index (χ0n) is 16.1. The molecule has 0 atom stereocenters. The molecule has 2 heterocycles. The van der Waals surface area contributed by atoms with Gasteiger partial charge in [-0.2, -0.15) is 5.10 Å². The number of nitrogens with zero attached hydrogens (tertiary/aromatic N) is 6. The highest BCUT2D eigenvalue weighted by Gasteiger charge is 2.17. The lowest BCUT2D eigenvalue weighted by Gasteiger charge is -2.13. The minimum atomic E-state index is -0.457. The van der Waals surface area contributed by atoms with Crippen LogP contribution in [0.2, 0.25) is 0 Å². The summed E-state index contributed by atoms with van der Waals surface area (Å²) in [5.41, 5.74) is 0.947. The van der Waals surface area contributed by atoms with E-state index in [9.17, 15) is 10.1 Å². The molecule has 0 radical (unpaired) electrons. The molecule has 9 nitrogen and oxygen atoms in total. The molecule has 10 heteroatoms. The highest BCUT2D eigenvalue weighted by Crippen LogP contribution is 2.28. The molecule has 1 aliphatic rings. The van der Waals surface area contributed by atoms with E-state index in [-0.39, 0.29) is 5.69 Å². The molecule has 152 valence electrons. The van der Waals surface area contributed by atoms with Crippen LogP contribution in [0, 0.1) is 10.1 Å². The van der Waals surface area contributed by atoms with E-state index in [0.29, 0.717) is 18.5 Å². The van der Waals surface area contributed by atoms with Crippen LogP contribution in [0.3, 0.4) is 0 Å². The monoisotopic (exact) mass is 414 g/mol. The van der Waals surface area contributed by atoms with Crippen LogP contribution in [-0.4, -0.2) is 35.6 Å². The number of nitro groups is 1. The Labute approximate surface area is 172 Å². The molecule has 0 amide bonds. The summed E-state index contributed by atoms with van der Waals surface area (Å²) in [7, 11) is 0. The summed E-state index contributed by atoms with van der Waals surface area (Å²) in [5, 5.41) is 24.2. The van der Waals surface area contributed by atoms with Crippen LogP contribution in [0.5, 0.6) is 5.75 Å². The predicted octanol–water partition coefficient (Wildman–Crippen LogP) is 4.14. The van der Waals surface area contributed by atoms with Gasteiger partial charge in [0.05, 0.1) is 16.9 Å². The molecule has 0 aliphatic heterocycles. The Morgan fingerprint density at radius 2 is 2.00 bits per heavy atom. The molecule has 0 unspecified atom stereocenters. The summed E-state index contributed by atoms with van der Waals surface area (Å²) < 4.78 is 9.57. The zero-order chi connectivity index (χ0) is 20.2. The molecule has 1 fully saturated rings. The molecule has 0 N–H and O–H groups in total. The van der Waals surface area contributed by atoms with Crippen molar-refractivity contribution in [3.05, 3.63) is 46.8 Å². The lowest BCUT2D eigenvalue weighted by Crippen LogP contribution is -2.10. The molecule has 4 rings (SSSR count). The number of hydrogen-bond donors (Lipinski definition) is 0. The first-order valence-corrected chi connectivity index (χ1v) is 10.6. The molecule has 0 saturated heterocycles. The first kappa shape index (κ1) is 19.4. The van der Waals surface area contributed by atoms with E-state index in [1.807, 2.05) is 35.8 Å². The third kappa shape index (κ3) is 4.42. The van der Waals surface area contributed by atoms with E-state index in [1.165, 1.54) is 41.7 Å². The van der Waals surface area contributed by atoms with Crippen molar-refractivity contribution in [1.29, 1.82) is 0 Å². The number of thioether (sulfide) groups is 1. The average molecular weight is 414 g/mol. The largest absolute Gasteiger partial charge is 0.490 e. The van der Waals surface area contributed by atoms with Crippen molar-refractivity contribution in [3.8, 4) is 17.1 Å². The Kier molecular flexibility index (Phi) is 5.79. The molecular weight excluding hydrogens is 392 g/mol. The fraction of sp³-hybridized carbons (Fsp3) is 0.421. The van der Waals surface area contributed by atoms with Gasteiger partial charge in [-0.15, -0.1) is 10.2 Å². The molecule has 2 aromatic heterocycles. The zero-order valence-corrected chi connectivity index (χ0v) is 16.9. The Morgan fingerprint density at radius 3 is 2.66 bits per heavy atom. The van der Waals surface area contributed by atoms with Gasteiger partial charge in [0.1, 0.15) is 18.1 Å². The van der Waals surface area contributed by atoms with Crippen LogP contribution in [0.4, 0.5) is 5.69 Å². The van der Waals surface area contributed by atoms with Crippen molar-refractivity contribution in [1.82, 2.24) is 24.5 Å². The van der Waals surface area contributed by atoms with E-state index in [0.717, 1.165) is 35.1 Å². The summed E-state index contributed by atoms with van der Waals surface area (Å²) in [5.74, 6) is 2.09. The van der Waals surface area contributed by atoms with Crippen molar-refractivity contribution < 1.29 is 9.66 Å². The summed E-state index contributed by atoms with van der Waals surface area (Å²) in [4.78, 5) is 10.3. The maximum Gasteiger partial charge on any atom is 0.307 e. The maximum atomic E-state index is 10.8. The van der Waals surface area contributed by atoms with Gasteiger partial charge in [0.15, 0.2) is 11.0 Å². The van der Waals surface area contributed by atoms with Crippen molar-refractivity contribution in [3.63, 3.8) is 0 Å². The molecule has 0 spiro atoms. The Bertz CT molecular complexity index is 978. The van der Waals surface area contributed by atoms with Crippen LogP contribution in [0.15, 0.2) is 41.8 Å². The van der Waals surface area contributed by atoms with Crippen molar-refractivity contribution in [2.75, 3.05) is 0 Å². The van der Waals surface area contributed by atoms with Gasteiger partial charge in [0, 0.05) is 12.1 Å². The van der Waals surface area contributed by atoms with Gasteiger partial charge in [-0.1, -0.05) is 11.8 Å². The number of benzene rings is 1. The second-order valence-electron chi connectivity index (χ2n) is 6.87. The Morgan fingerprint density at radius 1 is 1.24 bits per heavy atom. The van der Waals surface area contributed by atoms with Gasteiger partial charge in [-0.25, -0.2) is 0 Å². The smallest absolute Gasteiger partial charge is 0.307 e. The quantitative estimate of drug-likeness (QED) is 0.310. The van der Waals surface area contributed by atoms with Crippen LogP contribution in [0.1, 0.15) is 32.6 Å². The van der Waals surface area contributed by atoms with Gasteiger partial charge >= 0.3 is 5.69 Å². The lowest BCUT2D eigenvalue weighted by molar-refractivity contribution is -0.385. The Balaban J connectivity index is 1.45. The first-order chi connectivity index (χ1) is 14.1. The van der Waals surface area contributed by atoms with Gasteiger partial charge < -0.3 is 9.30 Å². The number of rotatable bonds is 8. The van der Waals surface area contributed by atoms with Crippen LogP contribution < -0.4 is 4.74 Å².